The van der Waals surface area contributed by atoms with Crippen LogP contribution in [0.2, 0.25) is 5.02 Å². The summed E-state index contributed by atoms with van der Waals surface area (Å²) in [6.07, 6.45) is 3.50. The summed E-state index contributed by atoms with van der Waals surface area (Å²) in [5.41, 5.74) is 6.59. The van der Waals surface area contributed by atoms with Crippen molar-refractivity contribution in [2.45, 2.75) is 31.7 Å². The molecule has 1 unspecified atom stereocenters. The maximum Gasteiger partial charge on any atom is 0.227 e. The van der Waals surface area contributed by atoms with Gasteiger partial charge in [0.05, 0.1) is 13.5 Å². The standard InChI is InChI=1S/C15H21ClN2O2/c1-20-14-6-5-12(16)8-11(14)9-15(19)18-7-3-2-4-13(18)10-17/h5-6,8,13H,2-4,7,9-10,17H2,1H3. The minimum Gasteiger partial charge on any atom is -0.496 e. The minimum atomic E-state index is 0.0979. The van der Waals surface area contributed by atoms with Gasteiger partial charge in [0.1, 0.15) is 5.75 Å². The highest BCUT2D eigenvalue weighted by Crippen LogP contribution is 2.25. The Morgan fingerprint density at radius 1 is 1.50 bits per heavy atom. The highest BCUT2D eigenvalue weighted by molar-refractivity contribution is 6.30. The molecule has 1 atom stereocenters. The molecule has 1 aliphatic rings. The second kappa shape index (κ2) is 6.95. The molecule has 0 saturated carbocycles. The van der Waals surface area contributed by atoms with Gasteiger partial charge in [-0.1, -0.05) is 11.6 Å². The molecule has 5 heteroatoms. The molecule has 1 aliphatic heterocycles. The van der Waals surface area contributed by atoms with Crippen LogP contribution in [0.25, 0.3) is 0 Å². The van der Waals surface area contributed by atoms with Gasteiger partial charge in [0, 0.05) is 29.7 Å². The van der Waals surface area contributed by atoms with E-state index in [1.807, 2.05) is 4.90 Å². The number of likely N-dealkylation sites (tertiary alicyclic amines) is 1. The number of carbonyl (C=O) groups is 1. The third kappa shape index (κ3) is 3.44. The molecule has 1 saturated heterocycles. The van der Waals surface area contributed by atoms with Crippen molar-refractivity contribution >= 4 is 17.5 Å². The molecule has 110 valence electrons. The Balaban J connectivity index is 2.12. The van der Waals surface area contributed by atoms with Crippen molar-refractivity contribution in [1.82, 2.24) is 4.90 Å². The fourth-order valence-corrected chi connectivity index (χ4v) is 2.92. The van der Waals surface area contributed by atoms with E-state index in [1.54, 1.807) is 25.3 Å². The van der Waals surface area contributed by atoms with Crippen molar-refractivity contribution < 1.29 is 9.53 Å². The van der Waals surface area contributed by atoms with E-state index in [0.717, 1.165) is 31.4 Å². The molecule has 1 heterocycles. The zero-order chi connectivity index (χ0) is 14.5. The van der Waals surface area contributed by atoms with E-state index in [2.05, 4.69) is 0 Å². The predicted octanol–water partition coefficient (Wildman–Crippen LogP) is 2.23. The lowest BCUT2D eigenvalue weighted by atomic mass is 10.0. The zero-order valence-corrected chi connectivity index (χ0v) is 12.5. The number of hydrogen-bond donors (Lipinski definition) is 1. The number of halogens is 1. The summed E-state index contributed by atoms with van der Waals surface area (Å²) in [5, 5.41) is 0.614. The summed E-state index contributed by atoms with van der Waals surface area (Å²) in [7, 11) is 1.60. The maximum absolute atomic E-state index is 12.5. The van der Waals surface area contributed by atoms with Gasteiger partial charge in [-0.25, -0.2) is 0 Å². The first kappa shape index (κ1) is 15.1. The second-order valence-corrected chi connectivity index (χ2v) is 5.54. The van der Waals surface area contributed by atoms with Gasteiger partial charge < -0.3 is 15.4 Å². The molecule has 0 aromatic heterocycles. The van der Waals surface area contributed by atoms with Crippen molar-refractivity contribution in [3.63, 3.8) is 0 Å². The smallest absolute Gasteiger partial charge is 0.227 e. The lowest BCUT2D eigenvalue weighted by Gasteiger charge is -2.35. The minimum absolute atomic E-state index is 0.0979. The van der Waals surface area contributed by atoms with Crippen LogP contribution in [0.3, 0.4) is 0 Å². The number of piperidine rings is 1. The van der Waals surface area contributed by atoms with Crippen molar-refractivity contribution in [2.24, 2.45) is 5.73 Å². The van der Waals surface area contributed by atoms with E-state index in [9.17, 15) is 4.79 Å². The fraction of sp³-hybridized carbons (Fsp3) is 0.533. The zero-order valence-electron chi connectivity index (χ0n) is 11.8. The number of carbonyl (C=O) groups excluding carboxylic acids is 1. The summed E-state index contributed by atoms with van der Waals surface area (Å²) in [4.78, 5) is 14.4. The Bertz CT molecular complexity index is 479. The van der Waals surface area contributed by atoms with Crippen LogP contribution in [-0.2, 0) is 11.2 Å². The largest absolute Gasteiger partial charge is 0.496 e. The van der Waals surface area contributed by atoms with Crippen LogP contribution in [0.5, 0.6) is 5.75 Å². The number of nitrogens with two attached hydrogens (primary N) is 1. The van der Waals surface area contributed by atoms with Gasteiger partial charge in [-0.05, 0) is 37.5 Å². The molecule has 1 fully saturated rings. The van der Waals surface area contributed by atoms with E-state index in [4.69, 9.17) is 22.1 Å². The quantitative estimate of drug-likeness (QED) is 0.927. The van der Waals surface area contributed by atoms with E-state index >= 15 is 0 Å². The Morgan fingerprint density at radius 3 is 3.00 bits per heavy atom. The van der Waals surface area contributed by atoms with Crippen LogP contribution in [-0.4, -0.2) is 37.0 Å². The van der Waals surface area contributed by atoms with Crippen molar-refractivity contribution in [3.8, 4) is 5.75 Å². The second-order valence-electron chi connectivity index (χ2n) is 5.11. The molecule has 2 rings (SSSR count). The average Bonchev–Trinajstić information content (AvgIpc) is 2.47. The summed E-state index contributed by atoms with van der Waals surface area (Å²) in [6.45, 7) is 1.32. The SMILES string of the molecule is COc1ccc(Cl)cc1CC(=O)N1CCCCC1CN. The first-order valence-electron chi connectivity index (χ1n) is 6.97. The number of amides is 1. The van der Waals surface area contributed by atoms with Gasteiger partial charge in [0.25, 0.3) is 0 Å². The molecule has 1 aromatic rings. The summed E-state index contributed by atoms with van der Waals surface area (Å²) in [6, 6.07) is 5.51. The maximum atomic E-state index is 12.5. The normalized spacial score (nSPS) is 18.9. The van der Waals surface area contributed by atoms with Gasteiger partial charge in [-0.15, -0.1) is 0 Å². The number of nitrogens with zero attached hydrogens (tertiary/aromatic N) is 1. The van der Waals surface area contributed by atoms with Crippen molar-refractivity contribution in [3.05, 3.63) is 28.8 Å². The molecule has 2 N–H and O–H groups in total. The molecule has 1 amide bonds. The topological polar surface area (TPSA) is 55.6 Å². The molecular formula is C15H21ClN2O2. The summed E-state index contributed by atoms with van der Waals surface area (Å²) < 4.78 is 5.29. The first-order chi connectivity index (χ1) is 9.65. The fourth-order valence-electron chi connectivity index (χ4n) is 2.72. The highest BCUT2D eigenvalue weighted by Gasteiger charge is 2.26. The number of hydrogen-bond acceptors (Lipinski definition) is 3. The Morgan fingerprint density at radius 2 is 2.30 bits per heavy atom. The number of rotatable bonds is 4. The highest BCUT2D eigenvalue weighted by atomic mass is 35.5. The van der Waals surface area contributed by atoms with Gasteiger partial charge in [-0.2, -0.15) is 0 Å². The van der Waals surface area contributed by atoms with Crippen molar-refractivity contribution in [1.29, 1.82) is 0 Å². The summed E-state index contributed by atoms with van der Waals surface area (Å²) in [5.74, 6) is 0.796. The first-order valence-corrected chi connectivity index (χ1v) is 7.35. The molecule has 0 aliphatic carbocycles. The van der Waals surface area contributed by atoms with E-state index in [1.165, 1.54) is 0 Å². The third-order valence-electron chi connectivity index (χ3n) is 3.80. The van der Waals surface area contributed by atoms with Crippen LogP contribution in [0.15, 0.2) is 18.2 Å². The molecule has 1 aromatic carbocycles. The van der Waals surface area contributed by atoms with Gasteiger partial charge in [0.2, 0.25) is 5.91 Å². The molecule has 0 bridgehead atoms. The summed E-state index contributed by atoms with van der Waals surface area (Å²) >= 11 is 6.00. The van der Waals surface area contributed by atoms with Gasteiger partial charge in [-0.3, -0.25) is 4.79 Å². The Hall–Kier alpha value is -1.26. The van der Waals surface area contributed by atoms with E-state index < -0.39 is 0 Å². The monoisotopic (exact) mass is 296 g/mol. The molecule has 0 radical (unpaired) electrons. The number of methoxy groups -OCH3 is 1. The molecule has 4 nitrogen and oxygen atoms in total. The van der Waals surface area contributed by atoms with E-state index in [-0.39, 0.29) is 11.9 Å². The average molecular weight is 297 g/mol. The van der Waals surface area contributed by atoms with Crippen LogP contribution in [0.1, 0.15) is 24.8 Å². The van der Waals surface area contributed by atoms with Crippen molar-refractivity contribution in [2.75, 3.05) is 20.2 Å². The Labute approximate surface area is 124 Å². The molecule has 0 spiro atoms. The van der Waals surface area contributed by atoms with Gasteiger partial charge in [0.15, 0.2) is 0 Å². The molecular weight excluding hydrogens is 276 g/mol. The van der Waals surface area contributed by atoms with Crippen LogP contribution < -0.4 is 10.5 Å². The number of ether oxygens (including phenoxy) is 1. The third-order valence-corrected chi connectivity index (χ3v) is 4.04. The van der Waals surface area contributed by atoms with Gasteiger partial charge >= 0.3 is 0 Å². The lowest BCUT2D eigenvalue weighted by Crippen LogP contribution is -2.48. The Kier molecular flexibility index (Phi) is 5.26. The predicted molar refractivity (Wildman–Crippen MR) is 80.1 cm³/mol. The van der Waals surface area contributed by atoms with Crippen LogP contribution >= 0.6 is 11.6 Å². The molecule has 20 heavy (non-hydrogen) atoms. The van der Waals surface area contributed by atoms with Crippen LogP contribution in [0, 0.1) is 0 Å². The van der Waals surface area contributed by atoms with E-state index in [0.29, 0.717) is 23.7 Å². The lowest BCUT2D eigenvalue weighted by molar-refractivity contribution is -0.133. The van der Waals surface area contributed by atoms with Crippen LogP contribution in [0.4, 0.5) is 0 Å². The number of benzene rings is 1.